The van der Waals surface area contributed by atoms with Crippen LogP contribution in [0.2, 0.25) is 0 Å². The second-order valence-corrected chi connectivity index (χ2v) is 20.7. The monoisotopic (exact) mass is 788 g/mol. The van der Waals surface area contributed by atoms with Crippen molar-refractivity contribution < 1.29 is 9.59 Å². The quantitative estimate of drug-likeness (QED) is 0.157. The van der Waals surface area contributed by atoms with E-state index in [4.69, 9.17) is 0 Å². The highest BCUT2D eigenvalue weighted by Crippen LogP contribution is 2.40. The van der Waals surface area contributed by atoms with Crippen molar-refractivity contribution in [2.45, 2.75) is 83.1 Å². The molecular weight excluding hydrogens is 729 g/mol. The molecule has 0 atom stereocenters. The Bertz CT molecular complexity index is 2540. The van der Waals surface area contributed by atoms with Gasteiger partial charge in [0.1, 0.15) is 0 Å². The number of benzene rings is 4. The van der Waals surface area contributed by atoms with Crippen molar-refractivity contribution in [1.82, 2.24) is 0 Å². The number of Topliss-reactive ketones (excluding diaryl/α,β-unsaturated/α-hetero) is 2. The van der Waals surface area contributed by atoms with Crippen LogP contribution < -0.4 is 10.4 Å². The van der Waals surface area contributed by atoms with Crippen LogP contribution in [0.25, 0.3) is 54.2 Å². The molecule has 2 nitrogen and oxygen atoms in total. The van der Waals surface area contributed by atoms with E-state index in [1.165, 1.54) is 0 Å². The first kappa shape index (κ1) is 42.3. The van der Waals surface area contributed by atoms with Crippen molar-refractivity contribution in [3.63, 3.8) is 0 Å². The first-order valence-electron chi connectivity index (χ1n) is 21.3. The van der Waals surface area contributed by atoms with E-state index >= 15 is 0 Å². The van der Waals surface area contributed by atoms with E-state index in [-0.39, 0.29) is 33.2 Å². The van der Waals surface area contributed by atoms with E-state index in [0.29, 0.717) is 0 Å². The van der Waals surface area contributed by atoms with Gasteiger partial charge in [0.2, 0.25) is 0 Å². The maximum Gasteiger partial charge on any atom is 0.186 e. The van der Waals surface area contributed by atoms with Crippen molar-refractivity contribution >= 4 is 65.8 Å². The molecule has 11 aromatic rings. The van der Waals surface area contributed by atoms with Crippen LogP contribution in [-0.4, -0.2) is 11.6 Å². The molecule has 2 heteroatoms. The van der Waals surface area contributed by atoms with E-state index in [1.54, 1.807) is 0 Å². The molecule has 0 amide bonds. The number of carbonyl (C=O) groups excluding carboxylic acids is 2. The van der Waals surface area contributed by atoms with E-state index in [9.17, 15) is 9.59 Å². The van der Waals surface area contributed by atoms with Crippen LogP contribution in [0.15, 0.2) is 168 Å². The summed E-state index contributed by atoms with van der Waals surface area (Å²) < 4.78 is 0. The SMILES string of the molecule is CC(C)(C)C1=CC(=c2c3ccc(ccc4ccc(cc4)c(=C4C=C(C(C)(C)C)C(=O)C(C(C)(C)C)=C4)c4ccc(ccc5ccc2cc5)cc4)cc3)C=C(C(C)(C)C)C1=O. The molecule has 13 rings (SSSR count). The van der Waals surface area contributed by atoms with Crippen LogP contribution in [-0.2, 0) is 9.59 Å². The Hall–Kier alpha value is -5.86. The number of rotatable bonds is 0. The van der Waals surface area contributed by atoms with E-state index in [0.717, 1.165) is 87.0 Å². The van der Waals surface area contributed by atoms with Gasteiger partial charge in [0.25, 0.3) is 0 Å². The lowest BCUT2D eigenvalue weighted by molar-refractivity contribution is -0.114. The summed E-state index contributed by atoms with van der Waals surface area (Å²) in [6, 6.07) is 43.7. The molecule has 0 spiro atoms. The van der Waals surface area contributed by atoms with Crippen molar-refractivity contribution in [2.24, 2.45) is 21.7 Å². The van der Waals surface area contributed by atoms with Crippen molar-refractivity contribution in [1.29, 1.82) is 0 Å². The minimum absolute atomic E-state index is 0.135. The van der Waals surface area contributed by atoms with Gasteiger partial charge in [-0.2, -0.15) is 0 Å². The van der Waals surface area contributed by atoms with Crippen molar-refractivity contribution in [3.05, 3.63) is 178 Å². The van der Waals surface area contributed by atoms with Crippen LogP contribution in [0.5, 0.6) is 0 Å². The molecule has 0 aromatic heterocycles. The zero-order chi connectivity index (χ0) is 43.4. The third-order valence-corrected chi connectivity index (χ3v) is 11.7. The third-order valence-electron chi connectivity index (χ3n) is 11.7. The summed E-state index contributed by atoms with van der Waals surface area (Å²) in [5.41, 5.74) is 4.19. The van der Waals surface area contributed by atoms with E-state index < -0.39 is 0 Å². The molecule has 0 radical (unpaired) electrons. The van der Waals surface area contributed by atoms with Crippen molar-refractivity contribution in [3.8, 4) is 0 Å². The van der Waals surface area contributed by atoms with Crippen LogP contribution in [0.4, 0.5) is 0 Å². The van der Waals surface area contributed by atoms with Gasteiger partial charge in [-0.05, 0) is 111 Å². The zero-order valence-electron chi connectivity index (χ0n) is 37.7. The van der Waals surface area contributed by atoms with Gasteiger partial charge in [-0.25, -0.2) is 0 Å². The Balaban J connectivity index is 1.55. The van der Waals surface area contributed by atoms with Crippen LogP contribution in [0.3, 0.4) is 0 Å². The zero-order valence-corrected chi connectivity index (χ0v) is 37.7. The van der Waals surface area contributed by atoms with Crippen molar-refractivity contribution in [2.75, 3.05) is 0 Å². The molecule has 0 saturated carbocycles. The van der Waals surface area contributed by atoms with Gasteiger partial charge in [0.15, 0.2) is 11.6 Å². The molecule has 11 aromatic carbocycles. The van der Waals surface area contributed by atoms with Gasteiger partial charge in [0, 0.05) is 22.3 Å². The lowest BCUT2D eigenvalue weighted by Gasteiger charge is -2.31. The maximum absolute atomic E-state index is 13.9. The minimum Gasteiger partial charge on any atom is -0.289 e. The highest BCUT2D eigenvalue weighted by Gasteiger charge is 2.35. The highest BCUT2D eigenvalue weighted by molar-refractivity contribution is 6.15. The Labute approximate surface area is 357 Å². The van der Waals surface area contributed by atoms with E-state index in [1.807, 2.05) is 0 Å². The molecule has 8 bridgehead atoms. The van der Waals surface area contributed by atoms with Gasteiger partial charge < -0.3 is 0 Å². The molecule has 0 aliphatic heterocycles. The number of hydrogen-bond acceptors (Lipinski definition) is 2. The summed E-state index contributed by atoms with van der Waals surface area (Å²) in [6.45, 7) is 25.5. The fraction of sp³-hybridized carbons (Fsp3) is 0.276. The summed E-state index contributed by atoms with van der Waals surface area (Å²) in [5.74, 6) is 0.271. The fourth-order valence-corrected chi connectivity index (χ4v) is 8.20. The number of carbonyl (C=O) groups is 2. The predicted molar refractivity (Wildman–Crippen MR) is 258 cm³/mol. The summed E-state index contributed by atoms with van der Waals surface area (Å²) in [5, 5.41) is 11.0. The molecule has 0 fully saturated rings. The molecule has 0 saturated heterocycles. The van der Waals surface area contributed by atoms with E-state index in [2.05, 4.69) is 229 Å². The molecule has 2 aliphatic rings. The minimum atomic E-state index is -0.313. The Morgan fingerprint density at radius 2 is 0.433 bits per heavy atom. The normalized spacial score (nSPS) is 15.4. The first-order valence-corrected chi connectivity index (χ1v) is 21.3. The fourth-order valence-electron chi connectivity index (χ4n) is 8.20. The average Bonchev–Trinajstić information content (AvgIpc) is 3.17. The molecule has 304 valence electrons. The second-order valence-electron chi connectivity index (χ2n) is 20.7. The summed E-state index contributed by atoms with van der Waals surface area (Å²) in [4.78, 5) is 27.9. The lowest BCUT2D eigenvalue weighted by atomic mass is 9.71. The summed E-state index contributed by atoms with van der Waals surface area (Å²) in [7, 11) is 0. The lowest BCUT2D eigenvalue weighted by Crippen LogP contribution is -2.28. The average molecular weight is 789 g/mol. The topological polar surface area (TPSA) is 34.1 Å². The molecular formula is C58H60O2. The number of allylic oxidation sites excluding steroid dienone is 8. The number of ketones is 2. The molecule has 60 heavy (non-hydrogen) atoms. The third kappa shape index (κ3) is 8.85. The molecule has 2 aliphatic carbocycles. The number of hydrogen-bond donors (Lipinski definition) is 0. The van der Waals surface area contributed by atoms with Crippen LogP contribution in [0.1, 0.15) is 83.1 Å². The Kier molecular flexibility index (Phi) is 11.0. The second kappa shape index (κ2) is 15.6. The molecule has 0 unspecified atom stereocenters. The Morgan fingerprint density at radius 3 is 0.600 bits per heavy atom. The molecule has 0 N–H and O–H groups in total. The predicted octanol–water partition coefficient (Wildman–Crippen LogP) is 13.9. The highest BCUT2D eigenvalue weighted by atomic mass is 16.1. The van der Waals surface area contributed by atoms with Crippen LogP contribution >= 0.6 is 0 Å². The van der Waals surface area contributed by atoms with Gasteiger partial charge in [-0.3, -0.25) is 9.59 Å². The largest absolute Gasteiger partial charge is 0.289 e. The standard InChI is InChI=1S/C58H60O2/c1-55(2,3)47-33-45(34-48(53(47)59)56(4,5)6)51-41-25-17-37(18-26-41)13-15-39-21-29-43(30-22-39)52(46-35-49(57(7,8)9)54(60)50(36-46)58(10,11)12)44-31-23-40(24-32-44)16-14-38-19-27-42(51)28-20-38/h13-36H,1-12H3. The Morgan fingerprint density at radius 1 is 0.267 bits per heavy atom. The van der Waals surface area contributed by atoms with Gasteiger partial charge >= 0.3 is 0 Å². The van der Waals surface area contributed by atoms with Gasteiger partial charge in [-0.1, -0.05) is 204 Å². The summed E-state index contributed by atoms with van der Waals surface area (Å²) >= 11 is 0. The van der Waals surface area contributed by atoms with Gasteiger partial charge in [-0.15, -0.1) is 0 Å². The summed E-state index contributed by atoms with van der Waals surface area (Å²) in [6.07, 6.45) is 8.50. The molecule has 0 heterocycles. The smallest absolute Gasteiger partial charge is 0.186 e. The van der Waals surface area contributed by atoms with Crippen LogP contribution in [0, 0.1) is 21.7 Å². The first-order chi connectivity index (χ1) is 28.1. The van der Waals surface area contributed by atoms with Gasteiger partial charge in [0.05, 0.1) is 0 Å². The maximum atomic E-state index is 13.9.